The largest absolute Gasteiger partial charge is 0.405 e. The molecular weight excluding hydrogens is 245 g/mol. The number of fused-ring (bicyclic) bond motifs is 1. The third kappa shape index (κ3) is 3.15. The number of benzene rings is 1. The van der Waals surface area contributed by atoms with Gasteiger partial charge in [0.2, 0.25) is 5.91 Å². The molecule has 1 aliphatic heterocycles. The monoisotopic (exact) mass is 258 g/mol. The van der Waals surface area contributed by atoms with E-state index >= 15 is 0 Å². The van der Waals surface area contributed by atoms with Crippen molar-refractivity contribution in [3.05, 3.63) is 29.8 Å². The lowest BCUT2D eigenvalue weighted by Crippen LogP contribution is -2.44. The van der Waals surface area contributed by atoms with E-state index in [1.807, 2.05) is 29.6 Å². The second-order valence-electron chi connectivity index (χ2n) is 4.23. The van der Waals surface area contributed by atoms with Crippen LogP contribution in [0.4, 0.5) is 18.9 Å². The Bertz CT molecular complexity index is 445. The van der Waals surface area contributed by atoms with Gasteiger partial charge in [0.1, 0.15) is 12.6 Å². The van der Waals surface area contributed by atoms with Gasteiger partial charge in [-0.2, -0.15) is 13.2 Å². The van der Waals surface area contributed by atoms with E-state index in [2.05, 4.69) is 5.32 Å². The molecule has 98 valence electrons. The quantitative estimate of drug-likeness (QED) is 0.852. The Balaban J connectivity index is 1.95. The number of hydrogen-bond acceptors (Lipinski definition) is 2. The summed E-state index contributed by atoms with van der Waals surface area (Å²) in [7, 11) is 0. The van der Waals surface area contributed by atoms with E-state index in [0.717, 1.165) is 11.3 Å². The number of para-hydroxylation sites is 1. The zero-order chi connectivity index (χ0) is 13.2. The van der Waals surface area contributed by atoms with Crippen molar-refractivity contribution in [2.45, 2.75) is 25.1 Å². The Kier molecular flexibility index (Phi) is 3.45. The van der Waals surface area contributed by atoms with E-state index in [1.165, 1.54) is 0 Å². The number of rotatable bonds is 2. The second-order valence-corrected chi connectivity index (χ2v) is 4.23. The second kappa shape index (κ2) is 4.88. The van der Waals surface area contributed by atoms with Crippen LogP contribution in [-0.4, -0.2) is 24.7 Å². The predicted molar refractivity (Wildman–Crippen MR) is 61.2 cm³/mol. The molecule has 18 heavy (non-hydrogen) atoms. The van der Waals surface area contributed by atoms with Crippen LogP contribution in [0, 0.1) is 0 Å². The lowest BCUT2D eigenvalue weighted by atomic mass is 9.98. The molecule has 2 rings (SSSR count). The molecule has 1 amide bonds. The highest BCUT2D eigenvalue weighted by atomic mass is 19.4. The maximum absolute atomic E-state index is 12.0. The third-order valence-corrected chi connectivity index (χ3v) is 2.83. The van der Waals surface area contributed by atoms with Crippen molar-refractivity contribution >= 4 is 11.6 Å². The Morgan fingerprint density at radius 1 is 1.39 bits per heavy atom. The lowest BCUT2D eigenvalue weighted by Gasteiger charge is -2.26. The van der Waals surface area contributed by atoms with Crippen molar-refractivity contribution in [3.8, 4) is 0 Å². The molecule has 0 bridgehead atoms. The Hall–Kier alpha value is -1.72. The molecule has 6 heteroatoms. The van der Waals surface area contributed by atoms with Gasteiger partial charge >= 0.3 is 6.18 Å². The summed E-state index contributed by atoms with van der Waals surface area (Å²) in [6.45, 7) is -1.29. The highest BCUT2D eigenvalue weighted by Gasteiger charge is 2.30. The van der Waals surface area contributed by atoms with Crippen molar-refractivity contribution < 1.29 is 18.0 Å². The number of hydrogen-bond donors (Lipinski definition) is 2. The predicted octanol–water partition coefficient (Wildman–Crippen LogP) is 2.09. The van der Waals surface area contributed by atoms with E-state index in [-0.39, 0.29) is 0 Å². The lowest BCUT2D eigenvalue weighted by molar-refractivity contribution is -0.138. The molecule has 1 heterocycles. The SMILES string of the molecule is O=C(NCC(F)(F)F)C1CCc2ccccc2N1. The van der Waals surface area contributed by atoms with Gasteiger partial charge in [0.15, 0.2) is 0 Å². The fraction of sp³-hybridized carbons (Fsp3) is 0.417. The summed E-state index contributed by atoms with van der Waals surface area (Å²) in [4.78, 5) is 11.6. The molecule has 0 radical (unpaired) electrons. The van der Waals surface area contributed by atoms with Gasteiger partial charge in [-0.25, -0.2) is 0 Å². The number of nitrogens with one attached hydrogen (secondary N) is 2. The zero-order valence-corrected chi connectivity index (χ0v) is 9.55. The average Bonchev–Trinajstić information content (AvgIpc) is 2.34. The van der Waals surface area contributed by atoms with Crippen LogP contribution in [0.25, 0.3) is 0 Å². The first-order chi connectivity index (χ1) is 8.46. The molecule has 1 unspecified atom stereocenters. The van der Waals surface area contributed by atoms with Gasteiger partial charge in [-0.3, -0.25) is 4.79 Å². The fourth-order valence-corrected chi connectivity index (χ4v) is 1.95. The number of carbonyl (C=O) groups is 1. The van der Waals surface area contributed by atoms with E-state index in [0.29, 0.717) is 12.8 Å². The molecule has 0 spiro atoms. The van der Waals surface area contributed by atoms with Crippen LogP contribution < -0.4 is 10.6 Å². The molecule has 0 aromatic heterocycles. The van der Waals surface area contributed by atoms with Crippen molar-refractivity contribution in [2.75, 3.05) is 11.9 Å². The molecule has 0 aliphatic carbocycles. The Morgan fingerprint density at radius 3 is 2.83 bits per heavy atom. The fourth-order valence-electron chi connectivity index (χ4n) is 1.95. The summed E-state index contributed by atoms with van der Waals surface area (Å²) in [5.41, 5.74) is 1.90. The van der Waals surface area contributed by atoms with E-state index in [9.17, 15) is 18.0 Å². The molecule has 1 aliphatic rings. The third-order valence-electron chi connectivity index (χ3n) is 2.83. The van der Waals surface area contributed by atoms with Crippen LogP contribution in [0.3, 0.4) is 0 Å². The minimum absolute atomic E-state index is 0.501. The summed E-state index contributed by atoms with van der Waals surface area (Å²) < 4.78 is 36.0. The standard InChI is InChI=1S/C12H13F3N2O/c13-12(14,15)7-16-11(18)10-6-5-8-3-1-2-4-9(8)17-10/h1-4,10,17H,5-7H2,(H,16,18). The Morgan fingerprint density at radius 2 is 2.11 bits per heavy atom. The topological polar surface area (TPSA) is 41.1 Å². The van der Waals surface area contributed by atoms with Crippen LogP contribution in [0.15, 0.2) is 24.3 Å². The van der Waals surface area contributed by atoms with Gasteiger partial charge in [0.05, 0.1) is 0 Å². The first-order valence-corrected chi connectivity index (χ1v) is 5.64. The normalized spacial score (nSPS) is 18.7. The molecule has 1 atom stereocenters. The highest BCUT2D eigenvalue weighted by molar-refractivity contribution is 5.85. The van der Waals surface area contributed by atoms with E-state index < -0.39 is 24.7 Å². The number of halogens is 3. The highest BCUT2D eigenvalue weighted by Crippen LogP contribution is 2.24. The van der Waals surface area contributed by atoms with Crippen LogP contribution in [0.5, 0.6) is 0 Å². The number of aryl methyl sites for hydroxylation is 1. The molecule has 3 nitrogen and oxygen atoms in total. The first-order valence-electron chi connectivity index (χ1n) is 5.64. The molecule has 1 aromatic carbocycles. The van der Waals surface area contributed by atoms with Gasteiger partial charge in [-0.15, -0.1) is 0 Å². The minimum atomic E-state index is -4.37. The molecule has 1 aromatic rings. The smallest absolute Gasteiger partial charge is 0.373 e. The van der Waals surface area contributed by atoms with Gasteiger partial charge in [-0.05, 0) is 24.5 Å². The summed E-state index contributed by atoms with van der Waals surface area (Å²) in [6.07, 6.45) is -3.18. The van der Waals surface area contributed by atoms with Crippen molar-refractivity contribution in [2.24, 2.45) is 0 Å². The molecular formula is C12H13F3N2O. The number of anilines is 1. The summed E-state index contributed by atoms with van der Waals surface area (Å²) in [6, 6.07) is 6.87. The number of amides is 1. The van der Waals surface area contributed by atoms with Gasteiger partial charge in [0, 0.05) is 5.69 Å². The maximum Gasteiger partial charge on any atom is 0.405 e. The summed E-state index contributed by atoms with van der Waals surface area (Å²) in [5.74, 6) is -0.609. The van der Waals surface area contributed by atoms with Crippen LogP contribution in [0.1, 0.15) is 12.0 Å². The molecule has 0 fully saturated rings. The molecule has 0 saturated heterocycles. The summed E-state index contributed by atoms with van der Waals surface area (Å²) in [5, 5.41) is 4.85. The molecule has 0 saturated carbocycles. The van der Waals surface area contributed by atoms with E-state index in [4.69, 9.17) is 0 Å². The average molecular weight is 258 g/mol. The van der Waals surface area contributed by atoms with Gasteiger partial charge in [-0.1, -0.05) is 18.2 Å². The van der Waals surface area contributed by atoms with Crippen molar-refractivity contribution in [1.29, 1.82) is 0 Å². The number of carbonyl (C=O) groups excluding carboxylic acids is 1. The minimum Gasteiger partial charge on any atom is -0.373 e. The van der Waals surface area contributed by atoms with Gasteiger partial charge in [0.25, 0.3) is 0 Å². The first kappa shape index (κ1) is 12.7. The van der Waals surface area contributed by atoms with Crippen molar-refractivity contribution in [3.63, 3.8) is 0 Å². The van der Waals surface area contributed by atoms with Crippen molar-refractivity contribution in [1.82, 2.24) is 5.32 Å². The van der Waals surface area contributed by atoms with Crippen LogP contribution in [-0.2, 0) is 11.2 Å². The maximum atomic E-state index is 12.0. The van der Waals surface area contributed by atoms with Crippen LogP contribution >= 0.6 is 0 Å². The zero-order valence-electron chi connectivity index (χ0n) is 9.55. The van der Waals surface area contributed by atoms with Crippen LogP contribution in [0.2, 0.25) is 0 Å². The molecule has 2 N–H and O–H groups in total. The number of alkyl halides is 3. The van der Waals surface area contributed by atoms with Gasteiger partial charge < -0.3 is 10.6 Å². The summed E-state index contributed by atoms with van der Waals surface area (Å²) >= 11 is 0. The Labute approximate surface area is 102 Å². The van der Waals surface area contributed by atoms with E-state index in [1.54, 1.807) is 0 Å².